The number of hydrogen-bond donors (Lipinski definition) is 1. The minimum Gasteiger partial charge on any atom is -0.319 e. The van der Waals surface area contributed by atoms with Gasteiger partial charge in [-0.1, -0.05) is 48.0 Å². The highest BCUT2D eigenvalue weighted by Crippen LogP contribution is 2.24. The summed E-state index contributed by atoms with van der Waals surface area (Å²) in [6.45, 7) is 0.982. The van der Waals surface area contributed by atoms with Crippen molar-refractivity contribution in [2.45, 2.75) is 6.42 Å². The molecule has 1 aromatic heterocycles. The molecule has 88 valence electrons. The van der Waals surface area contributed by atoms with Crippen LogP contribution in [-0.2, 0) is 0 Å². The number of aromatic nitrogens is 1. The lowest BCUT2D eigenvalue weighted by Gasteiger charge is -2.03. The van der Waals surface area contributed by atoms with Gasteiger partial charge in [0.1, 0.15) is 5.15 Å². The Labute approximate surface area is 106 Å². The summed E-state index contributed by atoms with van der Waals surface area (Å²) in [4.78, 5) is 4.20. The maximum Gasteiger partial charge on any atom is 0.136 e. The molecule has 2 nitrogen and oxygen atoms in total. The van der Waals surface area contributed by atoms with Crippen LogP contribution in [0.4, 0.5) is 0 Å². The van der Waals surface area contributed by atoms with E-state index in [0.29, 0.717) is 5.15 Å². The Morgan fingerprint density at radius 1 is 1.29 bits per heavy atom. The second kappa shape index (κ2) is 5.80. The number of hydrogen-bond acceptors (Lipinski definition) is 2. The van der Waals surface area contributed by atoms with E-state index < -0.39 is 0 Å². The summed E-state index contributed by atoms with van der Waals surface area (Å²) in [5, 5.41) is 5.83. The van der Waals surface area contributed by atoms with Crippen LogP contribution in [0.15, 0.2) is 36.5 Å². The van der Waals surface area contributed by atoms with Crippen molar-refractivity contribution in [3.63, 3.8) is 0 Å². The fourth-order valence-electron chi connectivity index (χ4n) is 1.75. The molecule has 1 heterocycles. The molecule has 0 aliphatic heterocycles. The zero-order chi connectivity index (χ0) is 12.1. The molecule has 0 unspecified atom stereocenters. The molecule has 1 aromatic carbocycles. The predicted molar refractivity (Wildman–Crippen MR) is 74.3 cm³/mol. The molecule has 0 bridgehead atoms. The first-order valence-corrected chi connectivity index (χ1v) is 6.05. The van der Waals surface area contributed by atoms with Crippen LogP contribution >= 0.6 is 11.6 Å². The van der Waals surface area contributed by atoms with Gasteiger partial charge in [0.2, 0.25) is 0 Å². The Morgan fingerprint density at radius 3 is 2.82 bits per heavy atom. The van der Waals surface area contributed by atoms with E-state index in [2.05, 4.69) is 28.5 Å². The van der Waals surface area contributed by atoms with E-state index in [1.54, 1.807) is 0 Å². The summed E-state index contributed by atoms with van der Waals surface area (Å²) in [5.41, 5.74) is 1.11. The summed E-state index contributed by atoms with van der Waals surface area (Å²) in [7, 11) is 1.95. The molecule has 0 spiro atoms. The van der Waals surface area contributed by atoms with Gasteiger partial charge in [-0.2, -0.15) is 0 Å². The second-order valence-corrected chi connectivity index (χ2v) is 4.20. The molecule has 0 fully saturated rings. The number of halogens is 1. The standard InChI is InChI=1S/C14H15ClN2/c1-16-9-5-4-6-11-10-17-14(15)13-8-3-2-7-12(11)13/h2-4,6-8,10,16H,5,9H2,1H3. The van der Waals surface area contributed by atoms with Crippen molar-refractivity contribution >= 4 is 28.4 Å². The molecule has 0 amide bonds. The molecule has 1 N–H and O–H groups in total. The maximum atomic E-state index is 6.07. The van der Waals surface area contributed by atoms with Gasteiger partial charge in [0.15, 0.2) is 0 Å². The number of nitrogens with zero attached hydrogens (tertiary/aromatic N) is 1. The number of fused-ring (bicyclic) bond motifs is 1. The van der Waals surface area contributed by atoms with Crippen LogP contribution < -0.4 is 5.32 Å². The quantitative estimate of drug-likeness (QED) is 0.660. The van der Waals surface area contributed by atoms with Crippen molar-refractivity contribution in [3.8, 4) is 0 Å². The molecule has 3 heteroatoms. The summed E-state index contributed by atoms with van der Waals surface area (Å²) in [6, 6.07) is 8.06. The van der Waals surface area contributed by atoms with E-state index in [0.717, 1.165) is 29.3 Å². The van der Waals surface area contributed by atoms with Gasteiger partial charge in [-0.15, -0.1) is 0 Å². The second-order valence-electron chi connectivity index (χ2n) is 3.84. The van der Waals surface area contributed by atoms with Crippen molar-refractivity contribution in [3.05, 3.63) is 47.3 Å². The Hall–Kier alpha value is -1.38. The first kappa shape index (κ1) is 12.1. The molecule has 17 heavy (non-hydrogen) atoms. The highest BCUT2D eigenvalue weighted by molar-refractivity contribution is 6.34. The largest absolute Gasteiger partial charge is 0.319 e. The number of rotatable bonds is 4. The number of benzene rings is 1. The fraction of sp³-hybridized carbons (Fsp3) is 0.214. The van der Waals surface area contributed by atoms with Gasteiger partial charge in [-0.05, 0) is 25.4 Å². The van der Waals surface area contributed by atoms with E-state index in [9.17, 15) is 0 Å². The van der Waals surface area contributed by atoms with Gasteiger partial charge in [0.05, 0.1) is 0 Å². The van der Waals surface area contributed by atoms with E-state index in [4.69, 9.17) is 11.6 Å². The van der Waals surface area contributed by atoms with Crippen molar-refractivity contribution in [1.82, 2.24) is 10.3 Å². The summed E-state index contributed by atoms with van der Waals surface area (Å²) in [6.07, 6.45) is 7.07. The van der Waals surface area contributed by atoms with Crippen LogP contribution in [0.1, 0.15) is 12.0 Å². The minimum absolute atomic E-state index is 0.563. The fourth-order valence-corrected chi connectivity index (χ4v) is 1.96. The molecule has 0 aliphatic carbocycles. The Kier molecular flexibility index (Phi) is 4.13. The number of nitrogens with one attached hydrogen (secondary N) is 1. The Balaban J connectivity index is 2.35. The van der Waals surface area contributed by atoms with Gasteiger partial charge in [0, 0.05) is 17.1 Å². The summed E-state index contributed by atoms with van der Waals surface area (Å²) < 4.78 is 0. The van der Waals surface area contributed by atoms with Crippen molar-refractivity contribution in [2.24, 2.45) is 0 Å². The van der Waals surface area contributed by atoms with Crippen LogP contribution in [0.2, 0.25) is 5.15 Å². The summed E-state index contributed by atoms with van der Waals surface area (Å²) in [5.74, 6) is 0. The third kappa shape index (κ3) is 2.84. The van der Waals surface area contributed by atoms with Crippen molar-refractivity contribution < 1.29 is 0 Å². The van der Waals surface area contributed by atoms with Gasteiger partial charge in [0.25, 0.3) is 0 Å². The summed E-state index contributed by atoms with van der Waals surface area (Å²) >= 11 is 6.07. The van der Waals surface area contributed by atoms with Crippen LogP contribution in [0.5, 0.6) is 0 Å². The first-order valence-electron chi connectivity index (χ1n) is 5.67. The van der Waals surface area contributed by atoms with Crippen LogP contribution in [0, 0.1) is 0 Å². The predicted octanol–water partition coefficient (Wildman–Crippen LogP) is 3.51. The highest BCUT2D eigenvalue weighted by atomic mass is 35.5. The van der Waals surface area contributed by atoms with Crippen LogP contribution in [-0.4, -0.2) is 18.6 Å². The minimum atomic E-state index is 0.563. The lowest BCUT2D eigenvalue weighted by molar-refractivity contribution is 0.809. The van der Waals surface area contributed by atoms with Gasteiger partial charge in [-0.3, -0.25) is 0 Å². The normalized spacial score (nSPS) is 11.4. The lowest BCUT2D eigenvalue weighted by atomic mass is 10.1. The first-order chi connectivity index (χ1) is 8.33. The van der Waals surface area contributed by atoms with E-state index in [1.807, 2.05) is 31.4 Å². The zero-order valence-corrected chi connectivity index (χ0v) is 10.5. The van der Waals surface area contributed by atoms with E-state index >= 15 is 0 Å². The average Bonchev–Trinajstić information content (AvgIpc) is 2.37. The maximum absolute atomic E-state index is 6.07. The topological polar surface area (TPSA) is 24.9 Å². The lowest BCUT2D eigenvalue weighted by Crippen LogP contribution is -2.05. The molecular formula is C14H15ClN2. The average molecular weight is 247 g/mol. The Morgan fingerprint density at radius 2 is 2.06 bits per heavy atom. The SMILES string of the molecule is CNCCC=Cc1cnc(Cl)c2ccccc12. The highest BCUT2D eigenvalue weighted by Gasteiger charge is 2.02. The molecule has 0 atom stereocenters. The zero-order valence-electron chi connectivity index (χ0n) is 9.78. The number of pyridine rings is 1. The molecule has 0 saturated carbocycles. The molecule has 0 saturated heterocycles. The van der Waals surface area contributed by atoms with Crippen molar-refractivity contribution in [2.75, 3.05) is 13.6 Å². The van der Waals surface area contributed by atoms with Crippen molar-refractivity contribution in [1.29, 1.82) is 0 Å². The van der Waals surface area contributed by atoms with E-state index in [-0.39, 0.29) is 0 Å². The molecule has 2 rings (SSSR count). The van der Waals surface area contributed by atoms with Gasteiger partial charge < -0.3 is 5.32 Å². The monoisotopic (exact) mass is 246 g/mol. The molecule has 0 radical (unpaired) electrons. The van der Waals surface area contributed by atoms with Crippen LogP contribution in [0.25, 0.3) is 16.8 Å². The molecular weight excluding hydrogens is 232 g/mol. The Bertz CT molecular complexity index is 535. The smallest absolute Gasteiger partial charge is 0.136 e. The molecule has 2 aromatic rings. The third-order valence-electron chi connectivity index (χ3n) is 2.64. The van der Waals surface area contributed by atoms with E-state index in [1.165, 1.54) is 0 Å². The van der Waals surface area contributed by atoms with Crippen LogP contribution in [0.3, 0.4) is 0 Å². The molecule has 0 aliphatic rings. The van der Waals surface area contributed by atoms with Gasteiger partial charge in [-0.25, -0.2) is 4.98 Å². The third-order valence-corrected chi connectivity index (χ3v) is 2.94. The van der Waals surface area contributed by atoms with Gasteiger partial charge >= 0.3 is 0 Å².